The highest BCUT2D eigenvalue weighted by Gasteiger charge is 2.21. The molecule has 0 aliphatic carbocycles. The predicted octanol–water partition coefficient (Wildman–Crippen LogP) is 2.00. The topological polar surface area (TPSA) is 83.3 Å². The number of imidazole rings is 2. The first-order valence-electron chi connectivity index (χ1n) is 8.66. The molecule has 0 saturated heterocycles. The van der Waals surface area contributed by atoms with Crippen molar-refractivity contribution in [1.29, 1.82) is 0 Å². The molecule has 0 spiro atoms. The highest BCUT2D eigenvalue weighted by atomic mass is 35.5. The summed E-state index contributed by atoms with van der Waals surface area (Å²) in [5.74, 6) is 0.216. The number of carbonyl (C=O) groups excluding carboxylic acids is 1. The van der Waals surface area contributed by atoms with Crippen LogP contribution < -0.4 is 11.2 Å². The van der Waals surface area contributed by atoms with Gasteiger partial charge in [-0.2, -0.15) is 4.98 Å². The fourth-order valence-electron chi connectivity index (χ4n) is 3.49. The van der Waals surface area contributed by atoms with Crippen molar-refractivity contribution in [3.05, 3.63) is 61.5 Å². The SMILES string of the molecule is CC(=O)Cn1c(=O)c2c(nc3n(-c4cc(Cl)ccc4C)c(C)cn23)n(C)c1=O. The third-order valence-corrected chi connectivity index (χ3v) is 5.05. The predicted molar refractivity (Wildman–Crippen MR) is 107 cm³/mol. The number of fused-ring (bicyclic) bond motifs is 3. The summed E-state index contributed by atoms with van der Waals surface area (Å²) < 4.78 is 5.77. The monoisotopic (exact) mass is 399 g/mol. The molecule has 3 heterocycles. The van der Waals surface area contributed by atoms with E-state index in [4.69, 9.17) is 11.6 Å². The number of rotatable bonds is 3. The largest absolute Gasteiger partial charge is 0.332 e. The van der Waals surface area contributed by atoms with Crippen LogP contribution in [0.25, 0.3) is 22.6 Å². The van der Waals surface area contributed by atoms with Gasteiger partial charge in [-0.25, -0.2) is 4.79 Å². The van der Waals surface area contributed by atoms with Crippen LogP contribution in [0.2, 0.25) is 5.02 Å². The van der Waals surface area contributed by atoms with Gasteiger partial charge >= 0.3 is 5.69 Å². The number of halogens is 1. The number of nitrogens with zero attached hydrogens (tertiary/aromatic N) is 5. The molecule has 28 heavy (non-hydrogen) atoms. The summed E-state index contributed by atoms with van der Waals surface area (Å²) in [6, 6.07) is 5.55. The van der Waals surface area contributed by atoms with Crippen molar-refractivity contribution in [2.24, 2.45) is 7.05 Å². The second-order valence-corrected chi connectivity index (χ2v) is 7.36. The molecule has 0 aliphatic heterocycles. The molecule has 0 fully saturated rings. The summed E-state index contributed by atoms with van der Waals surface area (Å²) in [7, 11) is 1.54. The van der Waals surface area contributed by atoms with Gasteiger partial charge in [-0.3, -0.25) is 27.7 Å². The molecular formula is C19H18ClN5O3. The Labute approximate surface area is 164 Å². The minimum absolute atomic E-state index is 0.250. The second-order valence-electron chi connectivity index (χ2n) is 6.93. The van der Waals surface area contributed by atoms with Gasteiger partial charge < -0.3 is 0 Å². The van der Waals surface area contributed by atoms with Gasteiger partial charge in [0, 0.05) is 24.0 Å². The zero-order valence-electron chi connectivity index (χ0n) is 15.9. The fraction of sp³-hybridized carbons (Fsp3) is 0.263. The molecule has 0 radical (unpaired) electrons. The van der Waals surface area contributed by atoms with Crippen LogP contribution in [0, 0.1) is 13.8 Å². The summed E-state index contributed by atoms with van der Waals surface area (Å²) in [6.07, 6.45) is 1.79. The van der Waals surface area contributed by atoms with Gasteiger partial charge in [0.2, 0.25) is 5.78 Å². The first-order valence-corrected chi connectivity index (χ1v) is 9.04. The quantitative estimate of drug-likeness (QED) is 0.527. The normalized spacial score (nSPS) is 11.6. The van der Waals surface area contributed by atoms with Gasteiger partial charge in [0.25, 0.3) is 5.56 Å². The third kappa shape index (κ3) is 2.52. The van der Waals surface area contributed by atoms with Crippen molar-refractivity contribution >= 4 is 34.3 Å². The molecule has 1 aromatic carbocycles. The van der Waals surface area contributed by atoms with E-state index in [-0.39, 0.29) is 23.5 Å². The molecule has 4 rings (SSSR count). The third-order valence-electron chi connectivity index (χ3n) is 4.82. The molecule has 8 nitrogen and oxygen atoms in total. The van der Waals surface area contributed by atoms with Crippen molar-refractivity contribution in [3.8, 4) is 5.69 Å². The first-order chi connectivity index (χ1) is 13.2. The van der Waals surface area contributed by atoms with E-state index in [1.165, 1.54) is 18.5 Å². The van der Waals surface area contributed by atoms with Crippen molar-refractivity contribution in [2.75, 3.05) is 0 Å². The maximum absolute atomic E-state index is 13.0. The van der Waals surface area contributed by atoms with Crippen molar-refractivity contribution in [3.63, 3.8) is 0 Å². The average Bonchev–Trinajstić information content (AvgIpc) is 3.13. The van der Waals surface area contributed by atoms with Crippen LogP contribution >= 0.6 is 11.6 Å². The van der Waals surface area contributed by atoms with E-state index < -0.39 is 11.2 Å². The van der Waals surface area contributed by atoms with E-state index in [0.717, 1.165) is 21.5 Å². The molecule has 3 aromatic heterocycles. The van der Waals surface area contributed by atoms with E-state index in [0.29, 0.717) is 10.8 Å². The lowest BCUT2D eigenvalue weighted by Crippen LogP contribution is -2.40. The van der Waals surface area contributed by atoms with Crippen molar-refractivity contribution in [2.45, 2.75) is 27.3 Å². The maximum Gasteiger partial charge on any atom is 0.332 e. The molecule has 0 unspecified atom stereocenters. The Morgan fingerprint density at radius 1 is 1.21 bits per heavy atom. The number of aryl methyl sites for hydroxylation is 3. The number of aromatic nitrogens is 5. The van der Waals surface area contributed by atoms with Crippen LogP contribution in [-0.2, 0) is 18.4 Å². The molecule has 0 bridgehead atoms. The minimum atomic E-state index is -0.573. The number of carbonyl (C=O) groups is 1. The van der Waals surface area contributed by atoms with Crippen LogP contribution in [0.1, 0.15) is 18.2 Å². The van der Waals surface area contributed by atoms with E-state index in [1.54, 1.807) is 10.6 Å². The number of Topliss-reactive ketones (excluding diaryl/α,β-unsaturated/α-hetero) is 1. The number of ketones is 1. The minimum Gasteiger partial charge on any atom is -0.298 e. The van der Waals surface area contributed by atoms with Crippen LogP contribution in [0.15, 0.2) is 34.0 Å². The highest BCUT2D eigenvalue weighted by Crippen LogP contribution is 2.25. The zero-order valence-corrected chi connectivity index (χ0v) is 16.6. The van der Waals surface area contributed by atoms with Gasteiger partial charge in [-0.05, 0) is 38.5 Å². The van der Waals surface area contributed by atoms with E-state index in [9.17, 15) is 14.4 Å². The Kier molecular flexibility index (Phi) is 4.04. The first kappa shape index (κ1) is 18.2. The summed E-state index contributed by atoms with van der Waals surface area (Å²) in [5.41, 5.74) is 2.07. The number of hydrogen-bond acceptors (Lipinski definition) is 4. The molecule has 144 valence electrons. The number of benzene rings is 1. The Morgan fingerprint density at radius 2 is 1.93 bits per heavy atom. The van der Waals surface area contributed by atoms with E-state index >= 15 is 0 Å². The Balaban J connectivity index is 2.16. The van der Waals surface area contributed by atoms with Gasteiger partial charge in [0.15, 0.2) is 11.2 Å². The van der Waals surface area contributed by atoms with Gasteiger partial charge in [-0.1, -0.05) is 17.7 Å². The lowest BCUT2D eigenvalue weighted by molar-refractivity contribution is -0.117. The Bertz CT molecular complexity index is 1400. The molecule has 0 N–H and O–H groups in total. The average molecular weight is 400 g/mol. The lowest BCUT2D eigenvalue weighted by atomic mass is 10.2. The maximum atomic E-state index is 13.0. The van der Waals surface area contributed by atoms with Crippen molar-refractivity contribution < 1.29 is 4.79 Å². The van der Waals surface area contributed by atoms with E-state index in [1.807, 2.05) is 36.6 Å². The highest BCUT2D eigenvalue weighted by molar-refractivity contribution is 6.30. The van der Waals surface area contributed by atoms with Gasteiger partial charge in [-0.15, -0.1) is 0 Å². The van der Waals surface area contributed by atoms with E-state index in [2.05, 4.69) is 4.98 Å². The molecule has 0 saturated carbocycles. The van der Waals surface area contributed by atoms with Gasteiger partial charge in [0.1, 0.15) is 5.78 Å². The molecule has 0 aliphatic rings. The van der Waals surface area contributed by atoms with Crippen LogP contribution in [0.5, 0.6) is 0 Å². The van der Waals surface area contributed by atoms with Crippen molar-refractivity contribution in [1.82, 2.24) is 23.1 Å². The summed E-state index contributed by atoms with van der Waals surface area (Å²) >= 11 is 6.19. The second kappa shape index (κ2) is 6.20. The summed E-state index contributed by atoms with van der Waals surface area (Å²) in [4.78, 5) is 41.7. The Hall–Kier alpha value is -3.13. The number of hydrogen-bond donors (Lipinski definition) is 0. The Morgan fingerprint density at radius 3 is 2.61 bits per heavy atom. The summed E-state index contributed by atoms with van der Waals surface area (Å²) in [6.45, 7) is 4.92. The summed E-state index contributed by atoms with van der Waals surface area (Å²) in [5, 5.41) is 0.583. The smallest absolute Gasteiger partial charge is 0.298 e. The van der Waals surface area contributed by atoms with Crippen LogP contribution in [0.3, 0.4) is 0 Å². The van der Waals surface area contributed by atoms with Crippen LogP contribution in [-0.4, -0.2) is 28.9 Å². The molecule has 4 aromatic rings. The molecular weight excluding hydrogens is 382 g/mol. The standard InChI is InChI=1S/C19H18ClN5O3/c1-10-5-6-13(20)7-14(10)25-11(2)8-23-15-16(21-18(23)25)22(4)19(28)24(17(15)27)9-12(3)26/h5-8H,9H2,1-4H3. The van der Waals surface area contributed by atoms with Gasteiger partial charge in [0.05, 0.1) is 12.2 Å². The zero-order chi connectivity index (χ0) is 20.3. The fourth-order valence-corrected chi connectivity index (χ4v) is 3.66. The molecule has 9 heteroatoms. The van der Waals surface area contributed by atoms with Crippen LogP contribution in [0.4, 0.5) is 0 Å². The molecule has 0 atom stereocenters. The lowest BCUT2D eigenvalue weighted by Gasteiger charge is -2.10. The molecule has 0 amide bonds.